The first-order chi connectivity index (χ1) is 4.72. The monoisotopic (exact) mass is 144 g/mol. The Morgan fingerprint density at radius 2 is 1.30 bits per heavy atom. The molecular weight excluding hydrogens is 128 g/mol. The summed E-state index contributed by atoms with van der Waals surface area (Å²) in [6.07, 6.45) is 0.690. The Balaban J connectivity index is 2.46. The van der Waals surface area contributed by atoms with Gasteiger partial charge in [-0.3, -0.25) is 0 Å². The van der Waals surface area contributed by atoms with E-state index in [2.05, 4.69) is 20.8 Å². The molecule has 0 aliphatic carbocycles. The Morgan fingerprint density at radius 3 is 1.70 bits per heavy atom. The summed E-state index contributed by atoms with van der Waals surface area (Å²) < 4.78 is 10.9. The third-order valence-corrected chi connectivity index (χ3v) is 2.33. The topological polar surface area (TPSA) is 18.5 Å². The van der Waals surface area contributed by atoms with E-state index in [4.69, 9.17) is 9.47 Å². The van der Waals surface area contributed by atoms with Crippen molar-refractivity contribution in [2.75, 3.05) is 13.2 Å². The lowest BCUT2D eigenvalue weighted by molar-refractivity contribution is 0.0381. The minimum atomic E-state index is 0.345. The van der Waals surface area contributed by atoms with Crippen molar-refractivity contribution in [3.05, 3.63) is 0 Å². The van der Waals surface area contributed by atoms with Crippen LogP contribution < -0.4 is 0 Å². The molecule has 1 saturated heterocycles. The summed E-state index contributed by atoms with van der Waals surface area (Å²) in [6.45, 7) is 7.87. The van der Waals surface area contributed by atoms with Crippen LogP contribution in [0.15, 0.2) is 0 Å². The highest BCUT2D eigenvalue weighted by Gasteiger charge is 2.22. The second-order valence-electron chi connectivity index (χ2n) is 3.01. The molecule has 1 fully saturated rings. The molecule has 0 N–H and O–H groups in total. The van der Waals surface area contributed by atoms with E-state index in [1.54, 1.807) is 0 Å². The number of hydrogen-bond acceptors (Lipinski definition) is 2. The summed E-state index contributed by atoms with van der Waals surface area (Å²) in [6, 6.07) is 0. The van der Waals surface area contributed by atoms with E-state index in [0.717, 1.165) is 13.2 Å². The van der Waals surface area contributed by atoms with Crippen molar-refractivity contribution in [3.63, 3.8) is 0 Å². The maximum Gasteiger partial charge on any atom is 0.0704 e. The van der Waals surface area contributed by atoms with Crippen LogP contribution >= 0.6 is 0 Å². The van der Waals surface area contributed by atoms with E-state index in [-0.39, 0.29) is 0 Å². The van der Waals surface area contributed by atoms with Gasteiger partial charge in [-0.05, 0) is 13.8 Å². The largest absolute Gasteiger partial charge is 0.376 e. The van der Waals surface area contributed by atoms with Crippen LogP contribution in [-0.2, 0) is 9.47 Å². The molecule has 0 radical (unpaired) electrons. The molecule has 1 heterocycles. The van der Waals surface area contributed by atoms with Gasteiger partial charge >= 0.3 is 0 Å². The van der Waals surface area contributed by atoms with Crippen LogP contribution in [0.1, 0.15) is 20.8 Å². The number of ether oxygens (including phenoxy) is 2. The van der Waals surface area contributed by atoms with Crippen LogP contribution in [0.5, 0.6) is 0 Å². The second kappa shape index (κ2) is 3.35. The number of rotatable bonds is 0. The highest BCUT2D eigenvalue weighted by molar-refractivity contribution is 4.70. The zero-order chi connectivity index (χ0) is 7.56. The summed E-state index contributed by atoms with van der Waals surface area (Å²) in [7, 11) is 0. The van der Waals surface area contributed by atoms with Crippen LogP contribution in [0.25, 0.3) is 0 Å². The quantitative estimate of drug-likeness (QED) is 0.512. The average Bonchev–Trinajstić information content (AvgIpc) is 2.04. The number of hydrogen-bond donors (Lipinski definition) is 0. The van der Waals surface area contributed by atoms with Crippen LogP contribution in [0.3, 0.4) is 0 Å². The first kappa shape index (κ1) is 8.02. The van der Waals surface area contributed by atoms with Crippen LogP contribution in [0.4, 0.5) is 0 Å². The van der Waals surface area contributed by atoms with Gasteiger partial charge in [-0.25, -0.2) is 0 Å². The van der Waals surface area contributed by atoms with Gasteiger partial charge in [0.1, 0.15) is 0 Å². The van der Waals surface area contributed by atoms with Crippen LogP contribution in [-0.4, -0.2) is 25.4 Å². The van der Waals surface area contributed by atoms with Gasteiger partial charge in [0, 0.05) is 5.92 Å². The van der Waals surface area contributed by atoms with E-state index in [9.17, 15) is 0 Å². The van der Waals surface area contributed by atoms with Gasteiger partial charge in [0.15, 0.2) is 0 Å². The summed E-state index contributed by atoms with van der Waals surface area (Å²) >= 11 is 0. The van der Waals surface area contributed by atoms with Gasteiger partial charge in [-0.2, -0.15) is 0 Å². The van der Waals surface area contributed by atoms with Crippen molar-refractivity contribution in [1.82, 2.24) is 0 Å². The third kappa shape index (κ3) is 1.70. The molecule has 1 rings (SSSR count). The molecule has 10 heavy (non-hydrogen) atoms. The van der Waals surface area contributed by atoms with E-state index in [1.165, 1.54) is 0 Å². The fourth-order valence-electron chi connectivity index (χ4n) is 1.15. The molecule has 2 unspecified atom stereocenters. The minimum Gasteiger partial charge on any atom is -0.376 e. The highest BCUT2D eigenvalue weighted by atomic mass is 16.5. The van der Waals surface area contributed by atoms with Crippen molar-refractivity contribution in [2.45, 2.75) is 33.0 Å². The van der Waals surface area contributed by atoms with Crippen molar-refractivity contribution < 1.29 is 9.47 Å². The van der Waals surface area contributed by atoms with Crippen molar-refractivity contribution >= 4 is 0 Å². The second-order valence-corrected chi connectivity index (χ2v) is 3.01. The van der Waals surface area contributed by atoms with E-state index in [1.807, 2.05) is 0 Å². The maximum absolute atomic E-state index is 5.46. The fourth-order valence-corrected chi connectivity index (χ4v) is 1.15. The lowest BCUT2D eigenvalue weighted by Crippen LogP contribution is -2.25. The van der Waals surface area contributed by atoms with Crippen molar-refractivity contribution in [1.29, 1.82) is 0 Å². The average molecular weight is 144 g/mol. The Labute approximate surface area is 62.5 Å². The van der Waals surface area contributed by atoms with Gasteiger partial charge in [-0.1, -0.05) is 6.92 Å². The normalized spacial score (nSPS) is 42.9. The lowest BCUT2D eigenvalue weighted by Gasteiger charge is -2.20. The molecule has 0 saturated carbocycles. The minimum absolute atomic E-state index is 0.345. The molecule has 0 spiro atoms. The molecule has 2 nitrogen and oxygen atoms in total. The van der Waals surface area contributed by atoms with E-state index >= 15 is 0 Å². The van der Waals surface area contributed by atoms with E-state index < -0.39 is 0 Å². The molecule has 1 aliphatic rings. The van der Waals surface area contributed by atoms with Crippen molar-refractivity contribution in [3.8, 4) is 0 Å². The zero-order valence-electron chi connectivity index (χ0n) is 6.96. The molecule has 0 amide bonds. The molecule has 60 valence electrons. The summed E-state index contributed by atoms with van der Waals surface area (Å²) in [5, 5.41) is 0. The molecule has 0 aromatic heterocycles. The van der Waals surface area contributed by atoms with Gasteiger partial charge in [0.05, 0.1) is 25.4 Å². The highest BCUT2D eigenvalue weighted by Crippen LogP contribution is 2.17. The Hall–Kier alpha value is -0.0800. The van der Waals surface area contributed by atoms with Gasteiger partial charge in [-0.15, -0.1) is 0 Å². The smallest absolute Gasteiger partial charge is 0.0704 e. The molecule has 2 heteroatoms. The van der Waals surface area contributed by atoms with Crippen LogP contribution in [0.2, 0.25) is 0 Å². The first-order valence-electron chi connectivity index (χ1n) is 3.95. The molecule has 0 aromatic rings. The summed E-state index contributed by atoms with van der Waals surface area (Å²) in [5.74, 6) is 0.516. The molecule has 0 bridgehead atoms. The van der Waals surface area contributed by atoms with Gasteiger partial charge in [0.25, 0.3) is 0 Å². The third-order valence-electron chi connectivity index (χ3n) is 2.33. The summed E-state index contributed by atoms with van der Waals surface area (Å²) in [4.78, 5) is 0. The zero-order valence-corrected chi connectivity index (χ0v) is 6.96. The van der Waals surface area contributed by atoms with E-state index in [0.29, 0.717) is 18.1 Å². The maximum atomic E-state index is 5.46. The first-order valence-corrected chi connectivity index (χ1v) is 3.95. The Bertz CT molecular complexity index is 91.4. The lowest BCUT2D eigenvalue weighted by atomic mass is 10.0. The summed E-state index contributed by atoms with van der Waals surface area (Å²) in [5.41, 5.74) is 0. The standard InChI is InChI=1S/C8H16O2/c1-6-7(2)9-4-5-10-8(6)3/h6-8H,4-5H2,1-3H3. The Kier molecular flexibility index (Phi) is 2.69. The molecule has 2 atom stereocenters. The Morgan fingerprint density at radius 1 is 0.900 bits per heavy atom. The van der Waals surface area contributed by atoms with Crippen molar-refractivity contribution in [2.24, 2.45) is 5.92 Å². The molecular formula is C8H16O2. The fraction of sp³-hybridized carbons (Fsp3) is 1.00. The van der Waals surface area contributed by atoms with Gasteiger partial charge < -0.3 is 9.47 Å². The molecule has 0 aromatic carbocycles. The predicted octanol–water partition coefficient (Wildman–Crippen LogP) is 1.45. The SMILES string of the molecule is CC1OCCOC(C)C1C. The molecule has 1 aliphatic heterocycles. The van der Waals surface area contributed by atoms with Gasteiger partial charge in [0.2, 0.25) is 0 Å². The predicted molar refractivity (Wildman–Crippen MR) is 40.0 cm³/mol. The van der Waals surface area contributed by atoms with Crippen LogP contribution in [0, 0.1) is 5.92 Å².